The highest BCUT2D eigenvalue weighted by molar-refractivity contribution is 6.03. The van der Waals surface area contributed by atoms with Crippen molar-refractivity contribution in [1.29, 1.82) is 0 Å². The number of halogens is 6. The third kappa shape index (κ3) is 3.75. The molecular formula is C18H9F6N3O. The van der Waals surface area contributed by atoms with Crippen molar-refractivity contribution in [3.8, 4) is 0 Å². The highest BCUT2D eigenvalue weighted by atomic mass is 19.2. The molecule has 0 aliphatic carbocycles. The molecule has 0 bridgehead atoms. The fraction of sp³-hybridized carbons (Fsp3) is 0. The number of aromatic nitrogens is 1. The van der Waals surface area contributed by atoms with Gasteiger partial charge in [0, 0.05) is 0 Å². The number of benzene rings is 2. The van der Waals surface area contributed by atoms with Gasteiger partial charge in [-0.25, -0.2) is 31.3 Å². The van der Waals surface area contributed by atoms with Gasteiger partial charge in [0.15, 0.2) is 34.9 Å². The van der Waals surface area contributed by atoms with Crippen LogP contribution in [0, 0.1) is 34.9 Å². The molecule has 2 N–H and O–H groups in total. The average Bonchev–Trinajstić information content (AvgIpc) is 2.69. The summed E-state index contributed by atoms with van der Waals surface area (Å²) in [6.45, 7) is 0. The maximum absolute atomic E-state index is 13.6. The molecule has 0 atom stereocenters. The van der Waals surface area contributed by atoms with Crippen LogP contribution in [0.2, 0.25) is 0 Å². The molecule has 0 unspecified atom stereocenters. The molecule has 0 aliphatic rings. The van der Waals surface area contributed by atoms with Crippen LogP contribution < -0.4 is 10.6 Å². The number of hydrogen-bond donors (Lipinski definition) is 2. The summed E-state index contributed by atoms with van der Waals surface area (Å²) < 4.78 is 79.5. The number of amides is 1. The van der Waals surface area contributed by atoms with Gasteiger partial charge in [0.2, 0.25) is 0 Å². The number of carbonyl (C=O) groups excluding carboxylic acids is 1. The van der Waals surface area contributed by atoms with Crippen LogP contribution in [-0.2, 0) is 0 Å². The summed E-state index contributed by atoms with van der Waals surface area (Å²) in [6, 6.07) is 5.61. The van der Waals surface area contributed by atoms with Gasteiger partial charge in [-0.3, -0.25) is 4.79 Å². The summed E-state index contributed by atoms with van der Waals surface area (Å²) >= 11 is 0. The lowest BCUT2D eigenvalue weighted by molar-refractivity contribution is 0.102. The van der Waals surface area contributed by atoms with Gasteiger partial charge in [0.05, 0.1) is 23.3 Å². The van der Waals surface area contributed by atoms with Crippen LogP contribution >= 0.6 is 0 Å². The maximum atomic E-state index is 13.6. The molecule has 0 saturated heterocycles. The van der Waals surface area contributed by atoms with E-state index in [4.69, 9.17) is 0 Å². The first-order valence-electron chi connectivity index (χ1n) is 7.59. The Balaban J connectivity index is 1.75. The molecule has 1 amide bonds. The van der Waals surface area contributed by atoms with Gasteiger partial charge in [-0.2, -0.15) is 0 Å². The van der Waals surface area contributed by atoms with E-state index in [0.717, 1.165) is 30.5 Å². The minimum atomic E-state index is -1.74. The number of hydrogen-bond acceptors (Lipinski definition) is 3. The van der Waals surface area contributed by atoms with E-state index in [-0.39, 0.29) is 17.1 Å². The van der Waals surface area contributed by atoms with Crippen molar-refractivity contribution in [3.63, 3.8) is 0 Å². The van der Waals surface area contributed by atoms with Crippen molar-refractivity contribution in [1.82, 2.24) is 4.98 Å². The Morgan fingerprint density at radius 1 is 0.714 bits per heavy atom. The second-order valence-electron chi connectivity index (χ2n) is 5.46. The number of pyridine rings is 1. The molecule has 0 spiro atoms. The zero-order valence-electron chi connectivity index (χ0n) is 13.7. The minimum absolute atomic E-state index is 0.139. The molecule has 2 aromatic carbocycles. The van der Waals surface area contributed by atoms with Crippen LogP contribution in [0.15, 0.2) is 42.6 Å². The Labute approximate surface area is 153 Å². The molecule has 144 valence electrons. The van der Waals surface area contributed by atoms with Gasteiger partial charge < -0.3 is 10.6 Å². The first kappa shape index (κ1) is 19.2. The number of nitrogens with one attached hydrogen (secondary N) is 2. The first-order chi connectivity index (χ1) is 13.3. The van der Waals surface area contributed by atoms with Gasteiger partial charge in [0.25, 0.3) is 5.91 Å². The van der Waals surface area contributed by atoms with Gasteiger partial charge in [-0.05, 0) is 36.4 Å². The first-order valence-corrected chi connectivity index (χ1v) is 7.59. The quantitative estimate of drug-likeness (QED) is 0.486. The fourth-order valence-electron chi connectivity index (χ4n) is 2.19. The lowest BCUT2D eigenvalue weighted by Gasteiger charge is -2.09. The largest absolute Gasteiger partial charge is 0.352 e. The van der Waals surface area contributed by atoms with E-state index < -0.39 is 46.5 Å². The van der Waals surface area contributed by atoms with E-state index >= 15 is 0 Å². The van der Waals surface area contributed by atoms with Crippen molar-refractivity contribution in [2.24, 2.45) is 0 Å². The average molecular weight is 397 g/mol. The topological polar surface area (TPSA) is 54.0 Å². The molecule has 1 aromatic heterocycles. The number of carbonyl (C=O) groups is 1. The van der Waals surface area contributed by atoms with Crippen molar-refractivity contribution in [3.05, 3.63) is 83.2 Å². The van der Waals surface area contributed by atoms with Gasteiger partial charge in [-0.1, -0.05) is 0 Å². The third-order valence-corrected chi connectivity index (χ3v) is 3.59. The zero-order valence-corrected chi connectivity index (χ0v) is 13.7. The van der Waals surface area contributed by atoms with E-state index in [1.165, 1.54) is 6.07 Å². The standard InChI is InChI=1S/C18H9F6N3O/c19-9-2-5-11(16(23)14(9)21)26-8-1-4-13(25-7-8)18(28)27-12-6-3-10(20)15(22)17(12)24/h1-7,26H,(H,27,28). The molecule has 4 nitrogen and oxygen atoms in total. The molecule has 10 heteroatoms. The van der Waals surface area contributed by atoms with Gasteiger partial charge in [-0.15, -0.1) is 0 Å². The smallest absolute Gasteiger partial charge is 0.274 e. The lowest BCUT2D eigenvalue weighted by atomic mass is 10.2. The van der Waals surface area contributed by atoms with Crippen LogP contribution in [0.5, 0.6) is 0 Å². The summed E-state index contributed by atoms with van der Waals surface area (Å²) in [6.07, 6.45) is 1.08. The number of rotatable bonds is 4. The summed E-state index contributed by atoms with van der Waals surface area (Å²) in [5.41, 5.74) is -1.03. The van der Waals surface area contributed by atoms with Crippen LogP contribution in [-0.4, -0.2) is 10.9 Å². The fourth-order valence-corrected chi connectivity index (χ4v) is 2.19. The highest BCUT2D eigenvalue weighted by Gasteiger charge is 2.17. The third-order valence-electron chi connectivity index (χ3n) is 3.59. The van der Waals surface area contributed by atoms with Crippen LogP contribution in [0.3, 0.4) is 0 Å². The van der Waals surface area contributed by atoms with Gasteiger partial charge >= 0.3 is 0 Å². The molecule has 3 rings (SSSR count). The summed E-state index contributed by atoms with van der Waals surface area (Å²) in [4.78, 5) is 15.8. The van der Waals surface area contributed by atoms with Crippen LogP contribution in [0.1, 0.15) is 10.5 Å². The molecule has 3 aromatic rings. The van der Waals surface area contributed by atoms with Crippen LogP contribution in [0.4, 0.5) is 43.4 Å². The monoisotopic (exact) mass is 397 g/mol. The number of nitrogens with zero attached hydrogens (tertiary/aromatic N) is 1. The maximum Gasteiger partial charge on any atom is 0.274 e. The van der Waals surface area contributed by atoms with Crippen molar-refractivity contribution < 1.29 is 31.1 Å². The van der Waals surface area contributed by atoms with E-state index in [2.05, 4.69) is 10.3 Å². The van der Waals surface area contributed by atoms with E-state index in [0.29, 0.717) is 6.07 Å². The molecule has 28 heavy (non-hydrogen) atoms. The zero-order chi connectivity index (χ0) is 20.4. The van der Waals surface area contributed by atoms with E-state index in [1.807, 2.05) is 5.32 Å². The Morgan fingerprint density at radius 2 is 1.29 bits per heavy atom. The Hall–Kier alpha value is -3.56. The van der Waals surface area contributed by atoms with Crippen molar-refractivity contribution in [2.75, 3.05) is 10.6 Å². The molecule has 1 heterocycles. The van der Waals surface area contributed by atoms with Crippen molar-refractivity contribution >= 4 is 23.0 Å². The van der Waals surface area contributed by atoms with E-state index in [9.17, 15) is 31.1 Å². The predicted molar refractivity (Wildman–Crippen MR) is 88.1 cm³/mol. The molecule has 0 fully saturated rings. The molecular weight excluding hydrogens is 388 g/mol. The second-order valence-corrected chi connectivity index (χ2v) is 5.46. The Kier molecular flexibility index (Phi) is 5.21. The predicted octanol–water partition coefficient (Wildman–Crippen LogP) is 4.91. The Bertz CT molecular complexity index is 1060. The highest BCUT2D eigenvalue weighted by Crippen LogP contribution is 2.24. The summed E-state index contributed by atoms with van der Waals surface area (Å²) in [7, 11) is 0. The Morgan fingerprint density at radius 3 is 1.86 bits per heavy atom. The normalized spacial score (nSPS) is 10.6. The van der Waals surface area contributed by atoms with Gasteiger partial charge in [0.1, 0.15) is 5.69 Å². The second kappa shape index (κ2) is 7.59. The minimum Gasteiger partial charge on any atom is -0.352 e. The van der Waals surface area contributed by atoms with E-state index in [1.54, 1.807) is 0 Å². The van der Waals surface area contributed by atoms with Crippen molar-refractivity contribution in [2.45, 2.75) is 0 Å². The number of anilines is 3. The molecule has 0 saturated carbocycles. The molecule has 0 aliphatic heterocycles. The SMILES string of the molecule is O=C(Nc1ccc(F)c(F)c1F)c1ccc(Nc2ccc(F)c(F)c2F)cn1. The summed E-state index contributed by atoms with van der Waals surface area (Å²) in [5.74, 6) is -10.1. The molecule has 0 radical (unpaired) electrons. The van der Waals surface area contributed by atoms with Crippen LogP contribution in [0.25, 0.3) is 0 Å². The lowest BCUT2D eigenvalue weighted by Crippen LogP contribution is -2.15. The summed E-state index contributed by atoms with van der Waals surface area (Å²) in [5, 5.41) is 4.48.